The maximum Gasteiger partial charge on any atom is 0.356 e. The van der Waals surface area contributed by atoms with Crippen LogP contribution in [0.3, 0.4) is 0 Å². The summed E-state index contributed by atoms with van der Waals surface area (Å²) >= 11 is 0. The molecule has 4 N–H and O–H groups in total. The van der Waals surface area contributed by atoms with E-state index in [1.807, 2.05) is 0 Å². The molecule has 0 aromatic heterocycles. The van der Waals surface area contributed by atoms with Crippen LogP contribution < -0.4 is 11.0 Å². The molecule has 0 amide bonds. The van der Waals surface area contributed by atoms with E-state index in [4.69, 9.17) is 15.5 Å². The van der Waals surface area contributed by atoms with Gasteiger partial charge in [-0.2, -0.15) is 0 Å². The molecule has 0 radical (unpaired) electrons. The molecule has 88 valence electrons. The molecule has 5 nitrogen and oxygen atoms in total. The molecule has 1 aromatic rings. The van der Waals surface area contributed by atoms with Crippen molar-refractivity contribution in [1.29, 1.82) is 0 Å². The number of ketones is 1. The summed E-state index contributed by atoms with van der Waals surface area (Å²) in [6.07, 6.45) is 0.372. The van der Waals surface area contributed by atoms with Crippen molar-refractivity contribution in [2.75, 3.05) is 0 Å². The van der Waals surface area contributed by atoms with Gasteiger partial charge in [-0.3, -0.25) is 9.36 Å². The fourth-order valence-corrected chi connectivity index (χ4v) is 1.76. The zero-order chi connectivity index (χ0) is 12.3. The van der Waals surface area contributed by atoms with Crippen LogP contribution in [-0.2, 0) is 15.8 Å². The zero-order valence-corrected chi connectivity index (χ0v) is 9.72. The van der Waals surface area contributed by atoms with Crippen LogP contribution in [0.4, 0.5) is 0 Å². The zero-order valence-electron chi connectivity index (χ0n) is 8.83. The number of carbonyl (C=O) groups excluding carboxylic acids is 1. The summed E-state index contributed by atoms with van der Waals surface area (Å²) in [5, 5.41) is -0.0346. The number of Topliss-reactive ketones (excluding diaryl/α,β-unsaturated/α-hetero) is 1. The summed E-state index contributed by atoms with van der Waals surface area (Å²) in [6.45, 7) is 1.41. The molecule has 0 bridgehead atoms. The van der Waals surface area contributed by atoms with Gasteiger partial charge in [0.2, 0.25) is 0 Å². The van der Waals surface area contributed by atoms with E-state index in [0.717, 1.165) is 5.56 Å². The molecular weight excluding hydrogens is 229 g/mol. The second-order valence-electron chi connectivity index (χ2n) is 3.63. The first kappa shape index (κ1) is 13.1. The fraction of sp³-hybridized carbons (Fsp3) is 0.300. The van der Waals surface area contributed by atoms with Crippen LogP contribution in [0.15, 0.2) is 24.3 Å². The third-order valence-electron chi connectivity index (χ3n) is 2.25. The van der Waals surface area contributed by atoms with Gasteiger partial charge >= 0.3 is 7.60 Å². The molecule has 16 heavy (non-hydrogen) atoms. The van der Waals surface area contributed by atoms with Crippen molar-refractivity contribution >= 4 is 18.7 Å². The molecule has 0 spiro atoms. The average molecular weight is 243 g/mol. The first-order valence-corrected chi connectivity index (χ1v) is 6.33. The van der Waals surface area contributed by atoms with Crippen molar-refractivity contribution in [3.8, 4) is 0 Å². The lowest BCUT2D eigenvalue weighted by Crippen LogP contribution is -2.30. The van der Waals surface area contributed by atoms with Crippen molar-refractivity contribution in [2.45, 2.75) is 19.4 Å². The quantitative estimate of drug-likeness (QED) is 0.643. The molecule has 0 aliphatic rings. The number of hydrogen-bond acceptors (Lipinski definition) is 3. The lowest BCUT2D eigenvalue weighted by Gasteiger charge is -2.09. The van der Waals surface area contributed by atoms with Gasteiger partial charge in [0.05, 0.1) is 11.3 Å². The first-order chi connectivity index (χ1) is 7.30. The Morgan fingerprint density at radius 1 is 1.38 bits per heavy atom. The Labute approximate surface area is 93.4 Å². The Bertz CT molecular complexity index is 423. The minimum Gasteiger partial charge on any atom is -0.321 e. The van der Waals surface area contributed by atoms with E-state index < -0.39 is 13.6 Å². The Hall–Kier alpha value is -1.00. The molecule has 0 fully saturated rings. The molecule has 0 saturated heterocycles. The summed E-state index contributed by atoms with van der Waals surface area (Å²) in [5.41, 5.74) is 6.35. The van der Waals surface area contributed by atoms with Gasteiger partial charge in [-0.15, -0.1) is 0 Å². The molecular formula is C10H14NO4P. The van der Waals surface area contributed by atoms with E-state index in [1.165, 1.54) is 19.1 Å². The highest BCUT2D eigenvalue weighted by molar-refractivity contribution is 7.60. The van der Waals surface area contributed by atoms with Gasteiger partial charge in [-0.1, -0.05) is 12.1 Å². The minimum absolute atomic E-state index is 0.0346. The van der Waals surface area contributed by atoms with Gasteiger partial charge in [0, 0.05) is 0 Å². The molecule has 0 aliphatic carbocycles. The van der Waals surface area contributed by atoms with Crippen molar-refractivity contribution in [2.24, 2.45) is 5.73 Å². The summed E-state index contributed by atoms with van der Waals surface area (Å²) in [5.74, 6) is -0.112. The predicted molar refractivity (Wildman–Crippen MR) is 60.5 cm³/mol. The van der Waals surface area contributed by atoms with Crippen LogP contribution in [0.25, 0.3) is 0 Å². The molecule has 1 atom stereocenters. The van der Waals surface area contributed by atoms with Crippen LogP contribution in [0.1, 0.15) is 12.5 Å². The normalized spacial score (nSPS) is 13.5. The van der Waals surface area contributed by atoms with Crippen molar-refractivity contribution in [1.82, 2.24) is 0 Å². The number of hydrogen-bond donors (Lipinski definition) is 3. The number of benzene rings is 1. The van der Waals surface area contributed by atoms with Crippen molar-refractivity contribution in [3.05, 3.63) is 29.8 Å². The topological polar surface area (TPSA) is 101 Å². The highest BCUT2D eigenvalue weighted by Gasteiger charge is 2.16. The molecule has 6 heteroatoms. The first-order valence-electron chi connectivity index (χ1n) is 4.72. The molecule has 0 saturated carbocycles. The third kappa shape index (κ3) is 3.54. The lowest BCUT2D eigenvalue weighted by atomic mass is 10.0. The Morgan fingerprint density at radius 3 is 2.25 bits per heavy atom. The minimum atomic E-state index is -4.19. The van der Waals surface area contributed by atoms with Crippen LogP contribution >= 0.6 is 7.60 Å². The van der Waals surface area contributed by atoms with Crippen molar-refractivity contribution in [3.63, 3.8) is 0 Å². The SMILES string of the molecule is CC(=O)[C@@H](N)Cc1ccc(P(=O)(O)O)cc1. The predicted octanol–water partition coefficient (Wildman–Crippen LogP) is -0.0516. The summed E-state index contributed by atoms with van der Waals surface area (Å²) in [7, 11) is -4.19. The second kappa shape index (κ2) is 4.89. The van der Waals surface area contributed by atoms with E-state index >= 15 is 0 Å². The third-order valence-corrected chi connectivity index (χ3v) is 3.22. The fourth-order valence-electron chi connectivity index (χ4n) is 1.22. The van der Waals surface area contributed by atoms with E-state index in [0.29, 0.717) is 6.42 Å². The van der Waals surface area contributed by atoms with Crippen LogP contribution in [-0.4, -0.2) is 21.6 Å². The molecule has 0 aliphatic heterocycles. The average Bonchev–Trinajstić information content (AvgIpc) is 2.17. The van der Waals surface area contributed by atoms with E-state index in [1.54, 1.807) is 12.1 Å². The van der Waals surface area contributed by atoms with E-state index in [2.05, 4.69) is 0 Å². The molecule has 0 heterocycles. The Kier molecular flexibility index (Phi) is 3.99. The summed E-state index contributed by atoms with van der Waals surface area (Å²) < 4.78 is 10.9. The van der Waals surface area contributed by atoms with Gasteiger partial charge in [0.15, 0.2) is 0 Å². The van der Waals surface area contributed by atoms with E-state index in [9.17, 15) is 9.36 Å². The standard InChI is InChI=1S/C10H14NO4P/c1-7(12)10(11)6-8-2-4-9(5-3-8)16(13,14)15/h2-5,10H,6,11H2,1H3,(H2,13,14,15)/t10-/m0/s1. The van der Waals surface area contributed by atoms with Crippen LogP contribution in [0.2, 0.25) is 0 Å². The maximum absolute atomic E-state index is 10.9. The largest absolute Gasteiger partial charge is 0.356 e. The van der Waals surface area contributed by atoms with Crippen LogP contribution in [0.5, 0.6) is 0 Å². The van der Waals surface area contributed by atoms with Gasteiger partial charge < -0.3 is 15.5 Å². The monoisotopic (exact) mass is 243 g/mol. The number of nitrogens with two attached hydrogens (primary N) is 1. The van der Waals surface area contributed by atoms with Gasteiger partial charge in [0.1, 0.15) is 5.78 Å². The Balaban J connectivity index is 2.80. The smallest absolute Gasteiger partial charge is 0.321 e. The molecule has 1 aromatic carbocycles. The summed E-state index contributed by atoms with van der Waals surface area (Å²) in [4.78, 5) is 28.7. The van der Waals surface area contributed by atoms with Gasteiger partial charge in [-0.25, -0.2) is 0 Å². The summed E-state index contributed by atoms with van der Waals surface area (Å²) in [6, 6.07) is 5.27. The number of rotatable bonds is 4. The highest BCUT2D eigenvalue weighted by atomic mass is 31.2. The Morgan fingerprint density at radius 2 is 1.88 bits per heavy atom. The van der Waals surface area contributed by atoms with Crippen LogP contribution in [0, 0.1) is 0 Å². The van der Waals surface area contributed by atoms with E-state index in [-0.39, 0.29) is 11.1 Å². The van der Waals surface area contributed by atoms with Gasteiger partial charge in [-0.05, 0) is 31.0 Å². The van der Waals surface area contributed by atoms with Gasteiger partial charge in [0.25, 0.3) is 0 Å². The second-order valence-corrected chi connectivity index (χ2v) is 5.24. The molecule has 0 unspecified atom stereocenters. The molecule has 1 rings (SSSR count). The van der Waals surface area contributed by atoms with Crippen molar-refractivity contribution < 1.29 is 19.1 Å². The highest BCUT2D eigenvalue weighted by Crippen LogP contribution is 2.32. The maximum atomic E-state index is 10.9. The lowest BCUT2D eigenvalue weighted by molar-refractivity contribution is -0.118. The number of carbonyl (C=O) groups is 1.